The molecular weight excluding hydrogens is 360 g/mol. The molecule has 0 amide bonds. The second-order valence-electron chi connectivity index (χ2n) is 6.74. The van der Waals surface area contributed by atoms with Gasteiger partial charge in [-0.1, -0.05) is 6.07 Å². The highest BCUT2D eigenvalue weighted by Crippen LogP contribution is 2.33. The molecule has 1 aliphatic heterocycles. The Morgan fingerprint density at radius 3 is 2.61 bits per heavy atom. The summed E-state index contributed by atoms with van der Waals surface area (Å²) >= 11 is 0. The van der Waals surface area contributed by atoms with Gasteiger partial charge in [0.25, 0.3) is 0 Å². The molecule has 1 aromatic heterocycles. The van der Waals surface area contributed by atoms with Crippen molar-refractivity contribution in [2.24, 2.45) is 0 Å². The summed E-state index contributed by atoms with van der Waals surface area (Å²) in [5.74, 6) is 0.172. The maximum absolute atomic E-state index is 13.1. The average Bonchev–Trinajstić information content (AvgIpc) is 3.25. The summed E-state index contributed by atoms with van der Waals surface area (Å²) < 4.78 is 22.1. The number of carbonyl (C=O) groups excluding carboxylic acids is 1. The van der Waals surface area contributed by atoms with Crippen LogP contribution in [0.2, 0.25) is 0 Å². The normalized spacial score (nSPS) is 16.3. The van der Waals surface area contributed by atoms with Gasteiger partial charge >= 0.3 is 5.97 Å². The lowest BCUT2D eigenvalue weighted by molar-refractivity contribution is -0.144. The van der Waals surface area contributed by atoms with Crippen molar-refractivity contribution < 1.29 is 23.4 Å². The van der Waals surface area contributed by atoms with Crippen molar-refractivity contribution in [3.05, 3.63) is 58.3 Å². The van der Waals surface area contributed by atoms with E-state index in [9.17, 15) is 9.59 Å². The standard InChI is InChI=1S/C22H20O6/c1-13-5-10-16-18(12-13)27-20(14-6-8-15(25-2)9-7-14)21(19(16)23)28-22(24)17-4-3-11-26-17/h5-10,12,17H,3-4,11H2,1-2H3/t17-/m0/s1. The molecule has 1 fully saturated rings. The van der Waals surface area contributed by atoms with Crippen LogP contribution in [0.3, 0.4) is 0 Å². The van der Waals surface area contributed by atoms with Crippen molar-refractivity contribution in [1.82, 2.24) is 0 Å². The van der Waals surface area contributed by atoms with Gasteiger partial charge in [-0.3, -0.25) is 4.79 Å². The minimum Gasteiger partial charge on any atom is -0.497 e. The summed E-state index contributed by atoms with van der Waals surface area (Å²) in [5.41, 5.74) is 1.61. The van der Waals surface area contributed by atoms with Gasteiger partial charge in [0, 0.05) is 12.2 Å². The first-order valence-corrected chi connectivity index (χ1v) is 9.12. The van der Waals surface area contributed by atoms with E-state index in [4.69, 9.17) is 18.6 Å². The number of carbonyl (C=O) groups is 1. The highest BCUT2D eigenvalue weighted by atomic mass is 16.6. The first-order chi connectivity index (χ1) is 13.6. The Morgan fingerprint density at radius 2 is 1.93 bits per heavy atom. The number of hydrogen-bond donors (Lipinski definition) is 0. The van der Waals surface area contributed by atoms with Crippen molar-refractivity contribution in [2.75, 3.05) is 13.7 Å². The zero-order chi connectivity index (χ0) is 19.7. The minimum atomic E-state index is -0.656. The predicted molar refractivity (Wildman–Crippen MR) is 104 cm³/mol. The number of benzene rings is 2. The van der Waals surface area contributed by atoms with Crippen molar-refractivity contribution in [3.63, 3.8) is 0 Å². The zero-order valence-electron chi connectivity index (χ0n) is 15.7. The maximum atomic E-state index is 13.1. The molecule has 2 aromatic carbocycles. The van der Waals surface area contributed by atoms with Crippen LogP contribution in [0.4, 0.5) is 0 Å². The molecule has 0 aliphatic carbocycles. The summed E-state index contributed by atoms with van der Waals surface area (Å²) in [7, 11) is 1.57. The predicted octanol–water partition coefficient (Wildman–Crippen LogP) is 3.86. The van der Waals surface area contributed by atoms with Crippen LogP contribution in [0.15, 0.2) is 51.7 Å². The van der Waals surface area contributed by atoms with E-state index in [1.165, 1.54) is 0 Å². The maximum Gasteiger partial charge on any atom is 0.340 e. The number of rotatable bonds is 4. The lowest BCUT2D eigenvalue weighted by atomic mass is 10.1. The quantitative estimate of drug-likeness (QED) is 0.640. The molecule has 0 radical (unpaired) electrons. The van der Waals surface area contributed by atoms with Crippen LogP contribution in [-0.4, -0.2) is 25.8 Å². The van der Waals surface area contributed by atoms with Crippen molar-refractivity contribution >= 4 is 16.9 Å². The molecule has 1 saturated heterocycles. The van der Waals surface area contributed by atoms with Crippen molar-refractivity contribution in [2.45, 2.75) is 25.9 Å². The number of aryl methyl sites for hydroxylation is 1. The van der Waals surface area contributed by atoms with Crippen molar-refractivity contribution in [1.29, 1.82) is 0 Å². The van der Waals surface area contributed by atoms with E-state index < -0.39 is 17.5 Å². The van der Waals surface area contributed by atoms with E-state index in [1.807, 2.05) is 13.0 Å². The Kier molecular flexibility index (Phi) is 4.88. The summed E-state index contributed by atoms with van der Waals surface area (Å²) in [6.45, 7) is 2.43. The number of ether oxygens (including phenoxy) is 3. The molecule has 28 heavy (non-hydrogen) atoms. The Labute approximate surface area is 161 Å². The van der Waals surface area contributed by atoms with Gasteiger partial charge < -0.3 is 18.6 Å². The van der Waals surface area contributed by atoms with Crippen LogP contribution in [-0.2, 0) is 9.53 Å². The molecule has 6 heteroatoms. The molecule has 0 unspecified atom stereocenters. The monoisotopic (exact) mass is 380 g/mol. The van der Waals surface area contributed by atoms with Crippen LogP contribution in [0.25, 0.3) is 22.3 Å². The molecule has 3 aromatic rings. The topological polar surface area (TPSA) is 75.0 Å². The van der Waals surface area contributed by atoms with Crippen LogP contribution >= 0.6 is 0 Å². The minimum absolute atomic E-state index is 0.123. The summed E-state index contributed by atoms with van der Waals surface area (Å²) in [5, 5.41) is 0.359. The fourth-order valence-electron chi connectivity index (χ4n) is 3.24. The zero-order valence-corrected chi connectivity index (χ0v) is 15.7. The van der Waals surface area contributed by atoms with Gasteiger partial charge in [0.1, 0.15) is 11.3 Å². The fourth-order valence-corrected chi connectivity index (χ4v) is 3.24. The van der Waals surface area contributed by atoms with Gasteiger partial charge in [-0.25, -0.2) is 4.79 Å². The van der Waals surface area contributed by atoms with Crippen LogP contribution in [0, 0.1) is 6.92 Å². The van der Waals surface area contributed by atoms with E-state index in [2.05, 4.69) is 0 Å². The summed E-state index contributed by atoms with van der Waals surface area (Å²) in [4.78, 5) is 25.6. The second kappa shape index (κ2) is 7.48. The van der Waals surface area contributed by atoms with Gasteiger partial charge in [0.05, 0.1) is 12.5 Å². The van der Waals surface area contributed by atoms with Gasteiger partial charge in [-0.05, 0) is 61.7 Å². The summed E-state index contributed by atoms with van der Waals surface area (Å²) in [6.07, 6.45) is 0.711. The molecule has 1 aliphatic rings. The Bertz CT molecular complexity index is 1070. The van der Waals surface area contributed by atoms with Crippen LogP contribution in [0.5, 0.6) is 11.5 Å². The van der Waals surface area contributed by atoms with E-state index in [-0.39, 0.29) is 11.5 Å². The fraction of sp³-hybridized carbons (Fsp3) is 0.273. The highest BCUT2D eigenvalue weighted by molar-refractivity contribution is 5.85. The number of methoxy groups -OCH3 is 1. The van der Waals surface area contributed by atoms with E-state index in [0.29, 0.717) is 35.3 Å². The number of esters is 1. The Hall–Kier alpha value is -3.12. The molecule has 144 valence electrons. The van der Waals surface area contributed by atoms with Gasteiger partial charge in [0.2, 0.25) is 11.2 Å². The number of hydrogen-bond acceptors (Lipinski definition) is 6. The number of fused-ring (bicyclic) bond motifs is 1. The molecule has 0 N–H and O–H groups in total. The first kappa shape index (κ1) is 18.3. The third kappa shape index (κ3) is 3.39. The van der Waals surface area contributed by atoms with E-state index in [0.717, 1.165) is 12.0 Å². The molecule has 1 atom stereocenters. The lowest BCUT2D eigenvalue weighted by Crippen LogP contribution is -2.27. The molecule has 0 saturated carbocycles. The van der Waals surface area contributed by atoms with Gasteiger partial charge in [-0.15, -0.1) is 0 Å². The summed E-state index contributed by atoms with van der Waals surface area (Å²) in [6, 6.07) is 12.3. The van der Waals surface area contributed by atoms with Gasteiger partial charge in [0.15, 0.2) is 11.9 Å². The third-order valence-electron chi connectivity index (χ3n) is 4.75. The molecule has 6 nitrogen and oxygen atoms in total. The largest absolute Gasteiger partial charge is 0.497 e. The molecule has 4 rings (SSSR count). The highest BCUT2D eigenvalue weighted by Gasteiger charge is 2.28. The molecule has 0 bridgehead atoms. The molecule has 0 spiro atoms. The Balaban J connectivity index is 1.86. The average molecular weight is 380 g/mol. The van der Waals surface area contributed by atoms with Gasteiger partial charge in [-0.2, -0.15) is 0 Å². The lowest BCUT2D eigenvalue weighted by Gasteiger charge is -2.13. The SMILES string of the molecule is COc1ccc(-c2oc3cc(C)ccc3c(=O)c2OC(=O)[C@@H]2CCCO2)cc1. The van der Waals surface area contributed by atoms with Crippen molar-refractivity contribution in [3.8, 4) is 22.8 Å². The third-order valence-corrected chi connectivity index (χ3v) is 4.75. The molecule has 2 heterocycles. The van der Waals surface area contributed by atoms with Crippen LogP contribution in [0.1, 0.15) is 18.4 Å². The Morgan fingerprint density at radius 1 is 1.14 bits per heavy atom. The first-order valence-electron chi connectivity index (χ1n) is 9.12. The van der Waals surface area contributed by atoms with E-state index >= 15 is 0 Å². The van der Waals surface area contributed by atoms with E-state index in [1.54, 1.807) is 43.5 Å². The van der Waals surface area contributed by atoms with Crippen LogP contribution < -0.4 is 14.9 Å². The molecular formula is C22H20O6. The smallest absolute Gasteiger partial charge is 0.340 e. The second-order valence-corrected chi connectivity index (χ2v) is 6.74.